The Morgan fingerprint density at radius 3 is 3.10 bits per heavy atom. The van der Waals surface area contributed by atoms with Crippen molar-refractivity contribution >= 4 is 10.9 Å². The second-order valence-corrected chi connectivity index (χ2v) is 5.05. The van der Waals surface area contributed by atoms with Crippen LogP contribution in [-0.2, 0) is 6.42 Å². The number of fused-ring (bicyclic) bond motifs is 2. The Morgan fingerprint density at radius 1 is 1.20 bits per heavy atom. The van der Waals surface area contributed by atoms with E-state index < -0.39 is 0 Å². The lowest BCUT2D eigenvalue weighted by molar-refractivity contribution is 0.476. The van der Waals surface area contributed by atoms with Crippen molar-refractivity contribution in [2.24, 2.45) is 0 Å². The number of aromatic hydroxyl groups is 1. The van der Waals surface area contributed by atoms with Crippen LogP contribution >= 0.6 is 0 Å². The van der Waals surface area contributed by atoms with Gasteiger partial charge in [-0.1, -0.05) is 0 Å². The topological polar surface area (TPSA) is 73.8 Å². The van der Waals surface area contributed by atoms with E-state index in [4.69, 9.17) is 0 Å². The summed E-state index contributed by atoms with van der Waals surface area (Å²) in [5.41, 5.74) is 4.14. The van der Waals surface area contributed by atoms with Gasteiger partial charge < -0.3 is 15.4 Å². The zero-order chi connectivity index (χ0) is 13.5. The van der Waals surface area contributed by atoms with Crippen LogP contribution in [0.15, 0.2) is 36.8 Å². The van der Waals surface area contributed by atoms with Crippen LogP contribution in [0.5, 0.6) is 5.75 Å². The average Bonchev–Trinajstić information content (AvgIpc) is 2.95. The number of hydrogen-bond acceptors (Lipinski definition) is 4. The van der Waals surface area contributed by atoms with Crippen LogP contribution in [0.3, 0.4) is 0 Å². The van der Waals surface area contributed by atoms with E-state index in [1.165, 1.54) is 5.69 Å². The van der Waals surface area contributed by atoms with Gasteiger partial charge in [0.25, 0.3) is 0 Å². The van der Waals surface area contributed by atoms with Gasteiger partial charge in [0.1, 0.15) is 5.75 Å². The van der Waals surface area contributed by atoms with E-state index in [2.05, 4.69) is 26.3 Å². The van der Waals surface area contributed by atoms with Crippen LogP contribution in [0.1, 0.15) is 23.0 Å². The normalized spacial score (nSPS) is 18.1. The largest absolute Gasteiger partial charge is 0.508 e. The van der Waals surface area contributed by atoms with Crippen molar-refractivity contribution in [2.75, 3.05) is 6.54 Å². The quantitative estimate of drug-likeness (QED) is 0.629. The highest BCUT2D eigenvalue weighted by Crippen LogP contribution is 2.28. The number of imidazole rings is 1. The summed E-state index contributed by atoms with van der Waals surface area (Å²) in [5.74, 6) is 0.239. The van der Waals surface area contributed by atoms with Gasteiger partial charge in [-0.25, -0.2) is 4.98 Å². The number of pyridine rings is 1. The molecule has 3 aromatic rings. The molecule has 1 aliphatic heterocycles. The van der Waals surface area contributed by atoms with E-state index in [1.807, 2.05) is 12.3 Å². The molecule has 0 unspecified atom stereocenters. The number of phenols is 1. The van der Waals surface area contributed by atoms with Crippen molar-refractivity contribution in [3.05, 3.63) is 53.7 Å². The van der Waals surface area contributed by atoms with Gasteiger partial charge >= 0.3 is 0 Å². The Hall–Kier alpha value is -2.40. The van der Waals surface area contributed by atoms with Crippen molar-refractivity contribution in [1.82, 2.24) is 20.3 Å². The van der Waals surface area contributed by atoms with Crippen LogP contribution < -0.4 is 5.32 Å². The van der Waals surface area contributed by atoms with Crippen LogP contribution in [-0.4, -0.2) is 26.6 Å². The second-order valence-electron chi connectivity index (χ2n) is 5.05. The molecular formula is C15H14N4O. The number of rotatable bonds is 1. The van der Waals surface area contributed by atoms with E-state index in [-0.39, 0.29) is 11.8 Å². The van der Waals surface area contributed by atoms with Crippen LogP contribution in [0, 0.1) is 0 Å². The number of H-pyrrole nitrogens is 1. The highest BCUT2D eigenvalue weighted by atomic mass is 16.3. The molecule has 3 heterocycles. The minimum Gasteiger partial charge on any atom is -0.508 e. The third kappa shape index (κ3) is 1.75. The number of hydrogen-bond donors (Lipinski definition) is 3. The van der Waals surface area contributed by atoms with Gasteiger partial charge in [-0.3, -0.25) is 4.98 Å². The molecular weight excluding hydrogens is 252 g/mol. The van der Waals surface area contributed by atoms with Gasteiger partial charge in [0.05, 0.1) is 23.6 Å². The Morgan fingerprint density at radius 2 is 2.15 bits per heavy atom. The number of benzene rings is 1. The molecule has 20 heavy (non-hydrogen) atoms. The zero-order valence-electron chi connectivity index (χ0n) is 10.8. The van der Waals surface area contributed by atoms with E-state index in [0.717, 1.165) is 35.1 Å². The van der Waals surface area contributed by atoms with E-state index >= 15 is 0 Å². The number of phenolic OH excluding ortho intramolecular Hbond substituents is 1. The van der Waals surface area contributed by atoms with Gasteiger partial charge in [-0.15, -0.1) is 0 Å². The van der Waals surface area contributed by atoms with Crippen molar-refractivity contribution in [2.45, 2.75) is 12.5 Å². The van der Waals surface area contributed by atoms with Gasteiger partial charge in [0, 0.05) is 36.3 Å². The summed E-state index contributed by atoms with van der Waals surface area (Å²) in [5, 5.41) is 14.0. The fourth-order valence-corrected chi connectivity index (χ4v) is 2.78. The Bertz CT molecular complexity index is 780. The van der Waals surface area contributed by atoms with Crippen molar-refractivity contribution in [1.29, 1.82) is 0 Å². The molecule has 1 aliphatic rings. The van der Waals surface area contributed by atoms with Crippen molar-refractivity contribution < 1.29 is 5.11 Å². The number of nitrogens with zero attached hydrogens (tertiary/aromatic N) is 2. The lowest BCUT2D eigenvalue weighted by Gasteiger charge is -2.23. The zero-order valence-corrected chi connectivity index (χ0v) is 10.8. The van der Waals surface area contributed by atoms with E-state index in [0.29, 0.717) is 0 Å². The molecule has 0 radical (unpaired) electrons. The average molecular weight is 266 g/mol. The molecule has 0 spiro atoms. The summed E-state index contributed by atoms with van der Waals surface area (Å²) in [6.07, 6.45) is 4.57. The second kappa shape index (κ2) is 4.31. The van der Waals surface area contributed by atoms with Gasteiger partial charge in [-0.05, 0) is 23.8 Å². The molecule has 1 aromatic carbocycles. The van der Waals surface area contributed by atoms with Gasteiger partial charge in [0.15, 0.2) is 0 Å². The van der Waals surface area contributed by atoms with E-state index in [9.17, 15) is 5.11 Å². The third-order valence-corrected chi connectivity index (χ3v) is 3.77. The summed E-state index contributed by atoms with van der Waals surface area (Å²) < 4.78 is 0. The maximum absolute atomic E-state index is 9.48. The Balaban J connectivity index is 1.82. The summed E-state index contributed by atoms with van der Waals surface area (Å²) in [4.78, 5) is 12.1. The fourth-order valence-electron chi connectivity index (χ4n) is 2.78. The molecule has 100 valence electrons. The molecule has 0 fully saturated rings. The molecule has 0 amide bonds. The molecule has 2 aromatic heterocycles. The molecule has 0 aliphatic carbocycles. The van der Waals surface area contributed by atoms with Gasteiger partial charge in [0.2, 0.25) is 0 Å². The molecule has 5 heteroatoms. The standard InChI is InChI=1S/C15H14N4O/c20-11-2-1-9-5-10(7-17-13(9)6-11)14-15-12(3-4-16-14)18-8-19-15/h1-2,5-8,14,16,20H,3-4H2,(H,18,19)/t14-/m1/s1. The molecule has 0 saturated carbocycles. The Kier molecular flexibility index (Phi) is 2.47. The molecule has 4 rings (SSSR count). The SMILES string of the molecule is Oc1ccc2cc([C@H]3NCCc4[nH]cnc43)cnc2c1. The monoisotopic (exact) mass is 266 g/mol. The first-order valence-electron chi connectivity index (χ1n) is 6.65. The number of aromatic amines is 1. The molecule has 3 N–H and O–H groups in total. The molecule has 0 bridgehead atoms. The van der Waals surface area contributed by atoms with Crippen LogP contribution in [0.2, 0.25) is 0 Å². The predicted molar refractivity (Wildman–Crippen MR) is 75.5 cm³/mol. The van der Waals surface area contributed by atoms with Crippen LogP contribution in [0.4, 0.5) is 0 Å². The smallest absolute Gasteiger partial charge is 0.117 e. The minimum atomic E-state index is 0.0794. The summed E-state index contributed by atoms with van der Waals surface area (Å²) in [6.45, 7) is 0.924. The summed E-state index contributed by atoms with van der Waals surface area (Å²) >= 11 is 0. The highest BCUT2D eigenvalue weighted by Gasteiger charge is 2.24. The first-order valence-corrected chi connectivity index (χ1v) is 6.65. The lowest BCUT2D eigenvalue weighted by atomic mass is 9.98. The Labute approximate surface area is 115 Å². The first kappa shape index (κ1) is 11.4. The predicted octanol–water partition coefficient (Wildman–Crippen LogP) is 1.90. The minimum absolute atomic E-state index is 0.0794. The van der Waals surface area contributed by atoms with Crippen LogP contribution in [0.25, 0.3) is 10.9 Å². The maximum atomic E-state index is 9.48. The number of aromatic nitrogens is 3. The summed E-state index contributed by atoms with van der Waals surface area (Å²) in [7, 11) is 0. The van der Waals surface area contributed by atoms with Crippen molar-refractivity contribution in [3.63, 3.8) is 0 Å². The highest BCUT2D eigenvalue weighted by molar-refractivity contribution is 5.80. The lowest BCUT2D eigenvalue weighted by Crippen LogP contribution is -2.30. The molecule has 0 saturated heterocycles. The summed E-state index contributed by atoms with van der Waals surface area (Å²) in [6, 6.07) is 7.42. The van der Waals surface area contributed by atoms with Crippen molar-refractivity contribution in [3.8, 4) is 5.75 Å². The first-order chi connectivity index (χ1) is 9.81. The molecule has 1 atom stereocenters. The maximum Gasteiger partial charge on any atom is 0.117 e. The van der Waals surface area contributed by atoms with E-state index in [1.54, 1.807) is 18.5 Å². The number of nitrogens with one attached hydrogen (secondary N) is 2. The fraction of sp³-hybridized carbons (Fsp3) is 0.200. The molecule has 5 nitrogen and oxygen atoms in total. The third-order valence-electron chi connectivity index (χ3n) is 3.77. The van der Waals surface area contributed by atoms with Gasteiger partial charge in [-0.2, -0.15) is 0 Å².